The highest BCUT2D eigenvalue weighted by Crippen LogP contribution is 2.18. The Kier molecular flexibility index (Phi) is 5.65. The summed E-state index contributed by atoms with van der Waals surface area (Å²) in [7, 11) is 0. The number of carboxylic acids is 1. The highest BCUT2D eigenvalue weighted by molar-refractivity contribution is 9.10. The lowest BCUT2D eigenvalue weighted by Crippen LogP contribution is -2.28. The SMILES string of the molecule is O=C([O-])COc1ccc(C(=O)/C=C/c2ccc(F)c(Br)c2)cc1. The van der Waals surface area contributed by atoms with Gasteiger partial charge >= 0.3 is 0 Å². The molecule has 2 aromatic carbocycles. The van der Waals surface area contributed by atoms with Gasteiger partial charge in [-0.15, -0.1) is 0 Å². The van der Waals surface area contributed by atoms with Crippen LogP contribution in [0.2, 0.25) is 0 Å². The van der Waals surface area contributed by atoms with Crippen LogP contribution in [0.4, 0.5) is 4.39 Å². The van der Waals surface area contributed by atoms with E-state index < -0.39 is 12.6 Å². The summed E-state index contributed by atoms with van der Waals surface area (Å²) >= 11 is 3.08. The molecule has 0 bridgehead atoms. The summed E-state index contributed by atoms with van der Waals surface area (Å²) in [5, 5.41) is 10.3. The number of carbonyl (C=O) groups is 2. The largest absolute Gasteiger partial charge is 0.546 e. The minimum absolute atomic E-state index is 0.239. The van der Waals surface area contributed by atoms with Gasteiger partial charge in [0.2, 0.25) is 0 Å². The van der Waals surface area contributed by atoms with E-state index in [2.05, 4.69) is 15.9 Å². The fourth-order valence-electron chi connectivity index (χ4n) is 1.74. The highest BCUT2D eigenvalue weighted by Gasteiger charge is 2.03. The third-order valence-electron chi connectivity index (χ3n) is 2.87. The number of benzene rings is 2. The minimum atomic E-state index is -1.32. The molecule has 2 aromatic rings. The molecule has 0 aliphatic carbocycles. The molecule has 0 amide bonds. The van der Waals surface area contributed by atoms with E-state index in [1.54, 1.807) is 18.2 Å². The molecule has 0 aliphatic heterocycles. The van der Waals surface area contributed by atoms with Gasteiger partial charge in [-0.2, -0.15) is 0 Å². The van der Waals surface area contributed by atoms with Crippen molar-refractivity contribution in [3.63, 3.8) is 0 Å². The van der Waals surface area contributed by atoms with Crippen molar-refractivity contribution >= 4 is 33.8 Å². The average molecular weight is 378 g/mol. The van der Waals surface area contributed by atoms with Crippen molar-refractivity contribution in [1.29, 1.82) is 0 Å². The van der Waals surface area contributed by atoms with E-state index in [0.29, 0.717) is 21.3 Å². The quantitative estimate of drug-likeness (QED) is 0.573. The van der Waals surface area contributed by atoms with Gasteiger partial charge in [-0.05, 0) is 64.0 Å². The number of allylic oxidation sites excluding steroid dienone is 1. The molecule has 0 atom stereocenters. The maximum absolute atomic E-state index is 13.1. The smallest absolute Gasteiger partial charge is 0.185 e. The normalized spacial score (nSPS) is 10.7. The summed E-state index contributed by atoms with van der Waals surface area (Å²) in [6.45, 7) is -0.549. The zero-order valence-corrected chi connectivity index (χ0v) is 13.4. The van der Waals surface area contributed by atoms with Crippen LogP contribution in [-0.2, 0) is 4.79 Å². The molecule has 0 radical (unpaired) electrons. The lowest BCUT2D eigenvalue weighted by Gasteiger charge is -2.06. The predicted octanol–water partition coefficient (Wildman–Crippen LogP) is 2.61. The summed E-state index contributed by atoms with van der Waals surface area (Å²) in [4.78, 5) is 22.3. The van der Waals surface area contributed by atoms with Gasteiger partial charge in [0, 0.05) is 5.56 Å². The monoisotopic (exact) mass is 377 g/mol. The van der Waals surface area contributed by atoms with Crippen LogP contribution in [0.1, 0.15) is 15.9 Å². The highest BCUT2D eigenvalue weighted by atomic mass is 79.9. The first kappa shape index (κ1) is 16.9. The number of hydrogen-bond acceptors (Lipinski definition) is 4. The van der Waals surface area contributed by atoms with Crippen molar-refractivity contribution in [2.24, 2.45) is 0 Å². The van der Waals surface area contributed by atoms with E-state index in [1.807, 2.05) is 0 Å². The number of ether oxygens (including phenoxy) is 1. The molecule has 0 heterocycles. The molecule has 2 rings (SSSR count). The second-order valence-electron chi connectivity index (χ2n) is 4.56. The van der Waals surface area contributed by atoms with Gasteiger partial charge in [-0.3, -0.25) is 4.79 Å². The number of carbonyl (C=O) groups excluding carboxylic acids is 2. The molecule has 118 valence electrons. The second-order valence-corrected chi connectivity index (χ2v) is 5.41. The maximum Gasteiger partial charge on any atom is 0.185 e. The Bertz CT molecular complexity index is 754. The molecule has 6 heteroatoms. The number of aliphatic carboxylic acids is 1. The Morgan fingerprint density at radius 1 is 1.17 bits per heavy atom. The van der Waals surface area contributed by atoms with Crippen molar-refractivity contribution < 1.29 is 23.8 Å². The number of halogens is 2. The van der Waals surface area contributed by atoms with Gasteiger partial charge in [-0.1, -0.05) is 12.1 Å². The molecule has 23 heavy (non-hydrogen) atoms. The fourth-order valence-corrected chi connectivity index (χ4v) is 2.14. The van der Waals surface area contributed by atoms with Gasteiger partial charge in [0.15, 0.2) is 5.78 Å². The van der Waals surface area contributed by atoms with Crippen LogP contribution in [0.25, 0.3) is 6.08 Å². The van der Waals surface area contributed by atoms with Gasteiger partial charge < -0.3 is 14.6 Å². The van der Waals surface area contributed by atoms with Crippen molar-refractivity contribution in [1.82, 2.24) is 0 Å². The Morgan fingerprint density at radius 3 is 2.48 bits per heavy atom. The summed E-state index contributed by atoms with van der Waals surface area (Å²) in [5.41, 5.74) is 1.10. The summed E-state index contributed by atoms with van der Waals surface area (Å²) in [5.74, 6) is -1.60. The van der Waals surface area contributed by atoms with E-state index in [4.69, 9.17) is 4.74 Å². The predicted molar refractivity (Wildman–Crippen MR) is 84.4 cm³/mol. The zero-order valence-electron chi connectivity index (χ0n) is 11.8. The zero-order chi connectivity index (χ0) is 16.8. The van der Waals surface area contributed by atoms with Crippen LogP contribution < -0.4 is 9.84 Å². The number of hydrogen-bond donors (Lipinski definition) is 0. The van der Waals surface area contributed by atoms with E-state index in [1.165, 1.54) is 36.4 Å². The minimum Gasteiger partial charge on any atom is -0.546 e. The molecule has 0 aromatic heterocycles. The topological polar surface area (TPSA) is 66.4 Å². The van der Waals surface area contributed by atoms with Crippen molar-refractivity contribution in [2.75, 3.05) is 6.61 Å². The first-order valence-electron chi connectivity index (χ1n) is 6.56. The van der Waals surface area contributed by atoms with Crippen LogP contribution in [0.3, 0.4) is 0 Å². The average Bonchev–Trinajstić information content (AvgIpc) is 2.54. The molecule has 0 saturated carbocycles. The lowest BCUT2D eigenvalue weighted by atomic mass is 10.1. The standard InChI is InChI=1S/C17H12BrFO4/c18-14-9-11(1-7-15(14)19)2-8-16(20)12-3-5-13(6-4-12)23-10-17(21)22/h1-9H,10H2,(H,21,22)/p-1/b8-2+. The summed E-state index contributed by atoms with van der Waals surface area (Å²) in [6, 6.07) is 10.5. The molecule has 0 fully saturated rings. The van der Waals surface area contributed by atoms with Gasteiger partial charge in [0.05, 0.1) is 10.4 Å². The Morgan fingerprint density at radius 2 is 1.87 bits per heavy atom. The number of rotatable bonds is 6. The molecular weight excluding hydrogens is 367 g/mol. The van der Waals surface area contributed by atoms with E-state index in [9.17, 15) is 19.1 Å². The summed E-state index contributed by atoms with van der Waals surface area (Å²) < 4.78 is 18.4. The Labute approximate surface area is 140 Å². The molecular formula is C17H11BrFO4-. The second kappa shape index (κ2) is 7.69. The van der Waals surface area contributed by atoms with Crippen LogP contribution >= 0.6 is 15.9 Å². The van der Waals surface area contributed by atoms with Crippen LogP contribution in [0.15, 0.2) is 53.0 Å². The maximum atomic E-state index is 13.1. The third kappa shape index (κ3) is 5.03. The molecule has 0 saturated heterocycles. The van der Waals surface area contributed by atoms with E-state index in [0.717, 1.165) is 0 Å². The molecule has 4 nitrogen and oxygen atoms in total. The number of ketones is 1. The van der Waals surface area contributed by atoms with E-state index in [-0.39, 0.29) is 11.6 Å². The fraction of sp³-hybridized carbons (Fsp3) is 0.0588. The number of carboxylic acid groups (broad SMARTS) is 1. The van der Waals surface area contributed by atoms with Gasteiger partial charge in [-0.25, -0.2) is 4.39 Å². The molecule has 0 N–H and O–H groups in total. The Balaban J connectivity index is 2.03. The van der Waals surface area contributed by atoms with Gasteiger partial charge in [0.25, 0.3) is 0 Å². The van der Waals surface area contributed by atoms with Crippen molar-refractivity contribution in [2.45, 2.75) is 0 Å². The third-order valence-corrected chi connectivity index (χ3v) is 3.47. The van der Waals surface area contributed by atoms with Crippen LogP contribution in [-0.4, -0.2) is 18.4 Å². The molecule has 0 aliphatic rings. The van der Waals surface area contributed by atoms with Crippen LogP contribution in [0, 0.1) is 5.82 Å². The van der Waals surface area contributed by atoms with Crippen molar-refractivity contribution in [3.05, 3.63) is 70.0 Å². The Hall–Kier alpha value is -2.47. The first-order valence-corrected chi connectivity index (χ1v) is 7.35. The van der Waals surface area contributed by atoms with Crippen LogP contribution in [0.5, 0.6) is 5.75 Å². The van der Waals surface area contributed by atoms with Gasteiger partial charge in [0.1, 0.15) is 18.2 Å². The lowest BCUT2D eigenvalue weighted by molar-refractivity contribution is -0.307. The van der Waals surface area contributed by atoms with Crippen molar-refractivity contribution in [3.8, 4) is 5.75 Å². The van der Waals surface area contributed by atoms with E-state index >= 15 is 0 Å². The first-order chi connectivity index (χ1) is 11.0. The molecule has 0 spiro atoms. The summed E-state index contributed by atoms with van der Waals surface area (Å²) in [6.07, 6.45) is 2.95. The molecule has 0 unspecified atom stereocenters.